The zero-order valence-corrected chi connectivity index (χ0v) is 11.3. The molecular formula is C14H14N2O2S. The summed E-state index contributed by atoms with van der Waals surface area (Å²) in [5.41, 5.74) is 7.85. The van der Waals surface area contributed by atoms with E-state index in [1.165, 1.54) is 6.26 Å². The van der Waals surface area contributed by atoms with Crippen molar-refractivity contribution >= 4 is 23.1 Å². The quantitative estimate of drug-likeness (QED) is 0.838. The molecule has 1 amide bonds. The summed E-state index contributed by atoms with van der Waals surface area (Å²) < 4.78 is 5.09. The monoisotopic (exact) mass is 274 g/mol. The smallest absolute Gasteiger partial charge is 0.255 e. The molecule has 3 N–H and O–H groups in total. The first-order valence-electron chi connectivity index (χ1n) is 5.79. The Morgan fingerprint density at radius 3 is 2.84 bits per heavy atom. The van der Waals surface area contributed by atoms with Gasteiger partial charge in [0.05, 0.1) is 11.8 Å². The van der Waals surface area contributed by atoms with Crippen molar-refractivity contribution in [1.29, 1.82) is 0 Å². The summed E-state index contributed by atoms with van der Waals surface area (Å²) >= 11 is 4.92. The van der Waals surface area contributed by atoms with Gasteiger partial charge in [-0.15, -0.1) is 0 Å². The summed E-state index contributed by atoms with van der Waals surface area (Å²) in [4.78, 5) is 12.2. The highest BCUT2D eigenvalue weighted by atomic mass is 32.1. The first-order valence-corrected chi connectivity index (χ1v) is 6.20. The van der Waals surface area contributed by atoms with E-state index in [1.54, 1.807) is 13.0 Å². The molecule has 0 aliphatic carbocycles. The Kier molecular flexibility index (Phi) is 3.97. The van der Waals surface area contributed by atoms with E-state index in [1.807, 2.05) is 24.3 Å². The van der Waals surface area contributed by atoms with Crippen LogP contribution in [0.15, 0.2) is 41.0 Å². The fourth-order valence-electron chi connectivity index (χ4n) is 1.73. The van der Waals surface area contributed by atoms with Crippen LogP contribution in [0.25, 0.3) is 0 Å². The Hall–Kier alpha value is -2.14. The number of aryl methyl sites for hydroxylation is 1. The third kappa shape index (κ3) is 3.20. The van der Waals surface area contributed by atoms with E-state index >= 15 is 0 Å². The topological polar surface area (TPSA) is 68.3 Å². The summed E-state index contributed by atoms with van der Waals surface area (Å²) in [5, 5.41) is 2.83. The fourth-order valence-corrected chi connectivity index (χ4v) is 1.86. The molecule has 0 saturated carbocycles. The largest absolute Gasteiger partial charge is 0.469 e. The van der Waals surface area contributed by atoms with Crippen molar-refractivity contribution in [3.63, 3.8) is 0 Å². The van der Waals surface area contributed by atoms with Crippen LogP contribution in [-0.4, -0.2) is 10.9 Å². The van der Waals surface area contributed by atoms with Crippen LogP contribution in [0.4, 0.5) is 0 Å². The lowest BCUT2D eigenvalue weighted by Gasteiger charge is -2.06. The van der Waals surface area contributed by atoms with Gasteiger partial charge >= 0.3 is 0 Å². The second-order valence-electron chi connectivity index (χ2n) is 4.14. The number of nitrogens with two attached hydrogens (primary N) is 1. The molecule has 0 spiro atoms. The third-order valence-corrected chi connectivity index (χ3v) is 3.00. The summed E-state index contributed by atoms with van der Waals surface area (Å²) in [7, 11) is 0. The van der Waals surface area contributed by atoms with E-state index in [9.17, 15) is 4.79 Å². The molecular weight excluding hydrogens is 260 g/mol. The molecule has 0 atom stereocenters. The summed E-state index contributed by atoms with van der Waals surface area (Å²) in [6, 6.07) is 9.12. The number of benzene rings is 1. The van der Waals surface area contributed by atoms with Crippen molar-refractivity contribution in [3.05, 3.63) is 59.0 Å². The average molecular weight is 274 g/mol. The summed E-state index contributed by atoms with van der Waals surface area (Å²) in [6.45, 7) is 2.17. The van der Waals surface area contributed by atoms with E-state index < -0.39 is 0 Å². The predicted octanol–water partition coefficient (Wildman–Crippen LogP) is 2.15. The lowest BCUT2D eigenvalue weighted by atomic mass is 10.1. The van der Waals surface area contributed by atoms with Crippen molar-refractivity contribution in [2.45, 2.75) is 13.5 Å². The highest BCUT2D eigenvalue weighted by molar-refractivity contribution is 7.80. The number of furan rings is 1. The number of carbonyl (C=O) groups excluding carboxylic acids is 1. The fraction of sp³-hybridized carbons (Fsp3) is 0.143. The van der Waals surface area contributed by atoms with Crippen LogP contribution in [0.2, 0.25) is 0 Å². The van der Waals surface area contributed by atoms with E-state index in [0.717, 1.165) is 11.1 Å². The van der Waals surface area contributed by atoms with Crippen LogP contribution in [0, 0.1) is 6.92 Å². The molecule has 0 unspecified atom stereocenters. The van der Waals surface area contributed by atoms with Gasteiger partial charge in [0.25, 0.3) is 5.91 Å². The Labute approximate surface area is 116 Å². The molecule has 0 saturated heterocycles. The van der Waals surface area contributed by atoms with E-state index in [2.05, 4.69) is 5.32 Å². The zero-order chi connectivity index (χ0) is 13.8. The van der Waals surface area contributed by atoms with Gasteiger partial charge in [-0.1, -0.05) is 30.4 Å². The molecule has 4 nitrogen and oxygen atoms in total. The van der Waals surface area contributed by atoms with E-state index in [0.29, 0.717) is 22.9 Å². The summed E-state index contributed by atoms with van der Waals surface area (Å²) in [5.74, 6) is 0.446. The number of carbonyl (C=O) groups is 1. The SMILES string of the molecule is Cc1occc1C(=O)NCc1cccc(C(N)=S)c1. The average Bonchev–Trinajstić information content (AvgIpc) is 2.82. The maximum Gasteiger partial charge on any atom is 0.255 e. The Balaban J connectivity index is 2.03. The van der Waals surface area contributed by atoms with Crippen molar-refractivity contribution in [1.82, 2.24) is 5.32 Å². The number of hydrogen-bond acceptors (Lipinski definition) is 3. The molecule has 1 aromatic heterocycles. The maximum atomic E-state index is 11.9. The van der Waals surface area contributed by atoms with Gasteiger partial charge in [0.2, 0.25) is 0 Å². The molecule has 0 fully saturated rings. The highest BCUT2D eigenvalue weighted by Crippen LogP contribution is 2.09. The molecule has 0 radical (unpaired) electrons. The van der Waals surface area contributed by atoms with Crippen LogP contribution in [0.5, 0.6) is 0 Å². The van der Waals surface area contributed by atoms with Gasteiger partial charge in [0.15, 0.2) is 0 Å². The van der Waals surface area contributed by atoms with Gasteiger partial charge < -0.3 is 15.5 Å². The minimum Gasteiger partial charge on any atom is -0.469 e. The van der Waals surface area contributed by atoms with Gasteiger partial charge in [-0.2, -0.15) is 0 Å². The maximum absolute atomic E-state index is 11.9. The second-order valence-corrected chi connectivity index (χ2v) is 4.58. The minimum absolute atomic E-state index is 0.160. The lowest BCUT2D eigenvalue weighted by molar-refractivity contribution is 0.0949. The number of amides is 1. The van der Waals surface area contributed by atoms with Crippen molar-refractivity contribution in [2.24, 2.45) is 5.73 Å². The number of rotatable bonds is 4. The molecule has 98 valence electrons. The van der Waals surface area contributed by atoms with Gasteiger partial charge in [-0.3, -0.25) is 4.79 Å². The first kappa shape index (κ1) is 13.3. The second kappa shape index (κ2) is 5.67. The van der Waals surface area contributed by atoms with Crippen LogP contribution < -0.4 is 11.1 Å². The molecule has 2 aromatic rings. The van der Waals surface area contributed by atoms with Crippen LogP contribution in [0.3, 0.4) is 0 Å². The third-order valence-electron chi connectivity index (χ3n) is 2.77. The molecule has 19 heavy (non-hydrogen) atoms. The molecule has 1 heterocycles. The van der Waals surface area contributed by atoms with Crippen molar-refractivity contribution in [3.8, 4) is 0 Å². The Morgan fingerprint density at radius 2 is 2.21 bits per heavy atom. The molecule has 0 aliphatic heterocycles. The lowest BCUT2D eigenvalue weighted by Crippen LogP contribution is -2.23. The Bertz CT molecular complexity index is 619. The van der Waals surface area contributed by atoms with Gasteiger partial charge in [0, 0.05) is 12.1 Å². The first-order chi connectivity index (χ1) is 9.08. The van der Waals surface area contributed by atoms with E-state index in [4.69, 9.17) is 22.4 Å². The number of hydrogen-bond donors (Lipinski definition) is 2. The highest BCUT2D eigenvalue weighted by Gasteiger charge is 2.10. The normalized spacial score (nSPS) is 10.2. The molecule has 2 rings (SSSR count). The van der Waals surface area contributed by atoms with Crippen molar-refractivity contribution < 1.29 is 9.21 Å². The molecule has 5 heteroatoms. The Morgan fingerprint density at radius 1 is 1.42 bits per heavy atom. The standard InChI is InChI=1S/C14H14N2O2S/c1-9-12(5-6-18-9)14(17)16-8-10-3-2-4-11(7-10)13(15)19/h2-7H,8H2,1H3,(H2,15,19)(H,16,17). The molecule has 1 aromatic carbocycles. The van der Waals surface area contributed by atoms with E-state index in [-0.39, 0.29) is 5.91 Å². The van der Waals surface area contributed by atoms with Crippen LogP contribution in [0.1, 0.15) is 27.2 Å². The van der Waals surface area contributed by atoms with Gasteiger partial charge in [-0.05, 0) is 24.6 Å². The van der Waals surface area contributed by atoms with Crippen LogP contribution in [-0.2, 0) is 6.54 Å². The minimum atomic E-state index is -0.160. The summed E-state index contributed by atoms with van der Waals surface area (Å²) in [6.07, 6.45) is 1.50. The molecule has 0 aliphatic rings. The number of thiocarbonyl (C=S) groups is 1. The van der Waals surface area contributed by atoms with Gasteiger partial charge in [0.1, 0.15) is 10.7 Å². The molecule has 0 bridgehead atoms. The zero-order valence-electron chi connectivity index (χ0n) is 10.5. The number of nitrogens with one attached hydrogen (secondary N) is 1. The van der Waals surface area contributed by atoms with Gasteiger partial charge in [-0.25, -0.2) is 0 Å². The van der Waals surface area contributed by atoms with Crippen molar-refractivity contribution in [2.75, 3.05) is 0 Å². The predicted molar refractivity (Wildman–Crippen MR) is 76.9 cm³/mol. The van der Waals surface area contributed by atoms with Crippen LogP contribution >= 0.6 is 12.2 Å².